The predicted molar refractivity (Wildman–Crippen MR) is 83.4 cm³/mol. The van der Waals surface area contributed by atoms with Gasteiger partial charge >= 0.3 is 12.2 Å². The minimum atomic E-state index is -4.23. The summed E-state index contributed by atoms with van der Waals surface area (Å²) in [6.45, 7) is -0.131. The summed E-state index contributed by atoms with van der Waals surface area (Å²) < 4.78 is 37.2. The van der Waals surface area contributed by atoms with E-state index in [1.807, 2.05) is 30.3 Å². The van der Waals surface area contributed by atoms with Crippen LogP contribution in [-0.4, -0.2) is 65.9 Å². The second-order valence-electron chi connectivity index (χ2n) is 5.92. The van der Waals surface area contributed by atoms with Crippen LogP contribution in [-0.2, 0) is 6.54 Å². The molecule has 1 aromatic rings. The molecule has 1 aliphatic rings. The van der Waals surface area contributed by atoms with Gasteiger partial charge in [-0.15, -0.1) is 0 Å². The highest BCUT2D eigenvalue weighted by atomic mass is 19.4. The molecule has 1 fully saturated rings. The van der Waals surface area contributed by atoms with Crippen molar-refractivity contribution in [2.45, 2.75) is 25.2 Å². The van der Waals surface area contributed by atoms with Crippen LogP contribution < -0.4 is 5.32 Å². The minimum absolute atomic E-state index is 0.166. The fourth-order valence-electron chi connectivity index (χ4n) is 2.79. The minimum Gasteiger partial charge on any atom is -0.395 e. The summed E-state index contributed by atoms with van der Waals surface area (Å²) in [7, 11) is 0. The van der Waals surface area contributed by atoms with Gasteiger partial charge in [-0.2, -0.15) is 13.2 Å². The SMILES string of the molecule is O=C(NC1CCN(CC(F)(F)F)C1)N(CCO)Cc1ccccc1. The van der Waals surface area contributed by atoms with Gasteiger partial charge < -0.3 is 15.3 Å². The molecule has 2 amide bonds. The van der Waals surface area contributed by atoms with Crippen molar-refractivity contribution in [1.29, 1.82) is 0 Å². The van der Waals surface area contributed by atoms with E-state index in [1.165, 1.54) is 9.80 Å². The van der Waals surface area contributed by atoms with E-state index in [9.17, 15) is 18.0 Å². The Bertz CT molecular complexity index is 525. The zero-order valence-electron chi connectivity index (χ0n) is 13.3. The smallest absolute Gasteiger partial charge is 0.395 e. The summed E-state index contributed by atoms with van der Waals surface area (Å²) in [6, 6.07) is 8.65. The largest absolute Gasteiger partial charge is 0.401 e. The molecule has 1 saturated heterocycles. The summed E-state index contributed by atoms with van der Waals surface area (Å²) in [5.41, 5.74) is 0.922. The fourth-order valence-corrected chi connectivity index (χ4v) is 2.79. The average molecular weight is 345 g/mol. The van der Waals surface area contributed by atoms with Crippen LogP contribution in [0.3, 0.4) is 0 Å². The van der Waals surface area contributed by atoms with E-state index in [0.29, 0.717) is 19.5 Å². The highest BCUT2D eigenvalue weighted by Crippen LogP contribution is 2.20. The molecule has 1 heterocycles. The van der Waals surface area contributed by atoms with Crippen molar-refractivity contribution in [3.8, 4) is 0 Å². The van der Waals surface area contributed by atoms with Gasteiger partial charge in [0.15, 0.2) is 0 Å². The number of nitrogens with zero attached hydrogens (tertiary/aromatic N) is 2. The molecule has 8 heteroatoms. The van der Waals surface area contributed by atoms with E-state index in [-0.39, 0.29) is 31.8 Å². The lowest BCUT2D eigenvalue weighted by atomic mass is 10.2. The Morgan fingerprint density at radius 3 is 2.67 bits per heavy atom. The maximum Gasteiger partial charge on any atom is 0.401 e. The number of hydrogen-bond donors (Lipinski definition) is 2. The van der Waals surface area contributed by atoms with Gasteiger partial charge in [0.25, 0.3) is 0 Å². The number of halogens is 3. The van der Waals surface area contributed by atoms with Crippen molar-refractivity contribution in [2.24, 2.45) is 0 Å². The number of carbonyl (C=O) groups is 1. The third-order valence-electron chi connectivity index (χ3n) is 3.88. The van der Waals surface area contributed by atoms with Crippen LogP contribution in [0.4, 0.5) is 18.0 Å². The molecule has 0 saturated carbocycles. The molecule has 1 aliphatic heterocycles. The molecular formula is C16H22F3N3O2. The van der Waals surface area contributed by atoms with Gasteiger partial charge in [0, 0.05) is 32.2 Å². The lowest BCUT2D eigenvalue weighted by Crippen LogP contribution is -2.46. The Morgan fingerprint density at radius 1 is 1.33 bits per heavy atom. The molecule has 5 nitrogen and oxygen atoms in total. The van der Waals surface area contributed by atoms with E-state index in [2.05, 4.69) is 5.32 Å². The maximum absolute atomic E-state index is 12.4. The molecule has 0 radical (unpaired) electrons. The molecule has 0 bridgehead atoms. The Balaban J connectivity index is 1.87. The number of benzene rings is 1. The van der Waals surface area contributed by atoms with Crippen molar-refractivity contribution >= 4 is 6.03 Å². The van der Waals surface area contributed by atoms with Crippen molar-refractivity contribution in [2.75, 3.05) is 32.8 Å². The number of aliphatic hydroxyl groups is 1. The van der Waals surface area contributed by atoms with Gasteiger partial charge in [-0.05, 0) is 12.0 Å². The Morgan fingerprint density at radius 2 is 2.04 bits per heavy atom. The Kier molecular flexibility index (Phi) is 6.44. The van der Waals surface area contributed by atoms with Crippen LogP contribution in [0.2, 0.25) is 0 Å². The summed E-state index contributed by atoms with van der Waals surface area (Å²) >= 11 is 0. The second-order valence-corrected chi connectivity index (χ2v) is 5.92. The molecule has 1 atom stereocenters. The number of nitrogens with one attached hydrogen (secondary N) is 1. The second kappa shape index (κ2) is 8.34. The normalized spacial score (nSPS) is 18.6. The number of rotatable bonds is 6. The summed E-state index contributed by atoms with van der Waals surface area (Å²) in [5, 5.41) is 11.9. The van der Waals surface area contributed by atoms with Crippen molar-refractivity contribution in [3.63, 3.8) is 0 Å². The van der Waals surface area contributed by atoms with Crippen LogP contribution in [0, 0.1) is 0 Å². The van der Waals surface area contributed by atoms with Gasteiger partial charge in [-0.1, -0.05) is 30.3 Å². The first-order chi connectivity index (χ1) is 11.4. The third kappa shape index (κ3) is 6.01. The summed E-state index contributed by atoms with van der Waals surface area (Å²) in [4.78, 5) is 15.1. The summed E-state index contributed by atoms with van der Waals surface area (Å²) in [6.07, 6.45) is -3.74. The molecule has 1 unspecified atom stereocenters. The average Bonchev–Trinajstić information content (AvgIpc) is 2.92. The standard InChI is InChI=1S/C16H22F3N3O2/c17-16(18,19)12-21-7-6-14(11-21)20-15(24)22(8-9-23)10-13-4-2-1-3-5-13/h1-5,14,23H,6-12H2,(H,20,24). The monoisotopic (exact) mass is 345 g/mol. The van der Waals surface area contributed by atoms with E-state index in [0.717, 1.165) is 5.56 Å². The topological polar surface area (TPSA) is 55.8 Å². The Labute approximate surface area is 139 Å². The van der Waals surface area contributed by atoms with Crippen molar-refractivity contribution in [3.05, 3.63) is 35.9 Å². The number of likely N-dealkylation sites (tertiary alicyclic amines) is 1. The number of amides is 2. The molecule has 2 rings (SSSR count). The molecule has 2 N–H and O–H groups in total. The molecule has 0 aliphatic carbocycles. The summed E-state index contributed by atoms with van der Waals surface area (Å²) in [5.74, 6) is 0. The van der Waals surface area contributed by atoms with Crippen molar-refractivity contribution in [1.82, 2.24) is 15.1 Å². The Hall–Kier alpha value is -1.80. The number of urea groups is 1. The molecular weight excluding hydrogens is 323 g/mol. The van der Waals surface area contributed by atoms with Crippen LogP contribution >= 0.6 is 0 Å². The van der Waals surface area contributed by atoms with Crippen LogP contribution in [0.5, 0.6) is 0 Å². The lowest BCUT2D eigenvalue weighted by molar-refractivity contribution is -0.143. The van der Waals surface area contributed by atoms with Gasteiger partial charge in [0.1, 0.15) is 0 Å². The molecule has 134 valence electrons. The highest BCUT2D eigenvalue weighted by Gasteiger charge is 2.35. The van der Waals surface area contributed by atoms with Crippen molar-refractivity contribution < 1.29 is 23.1 Å². The number of aliphatic hydroxyl groups excluding tert-OH is 1. The first-order valence-electron chi connectivity index (χ1n) is 7.87. The lowest BCUT2D eigenvalue weighted by Gasteiger charge is -2.25. The number of hydrogen-bond acceptors (Lipinski definition) is 3. The van der Waals surface area contributed by atoms with Crippen LogP contribution in [0.15, 0.2) is 30.3 Å². The number of alkyl halides is 3. The quantitative estimate of drug-likeness (QED) is 0.827. The third-order valence-corrected chi connectivity index (χ3v) is 3.88. The molecule has 24 heavy (non-hydrogen) atoms. The van der Waals surface area contributed by atoms with E-state index < -0.39 is 12.7 Å². The van der Waals surface area contributed by atoms with Gasteiger partial charge in [-0.3, -0.25) is 4.90 Å². The number of carbonyl (C=O) groups excluding carboxylic acids is 1. The van der Waals surface area contributed by atoms with Crippen LogP contribution in [0.25, 0.3) is 0 Å². The highest BCUT2D eigenvalue weighted by molar-refractivity contribution is 5.74. The first-order valence-corrected chi connectivity index (χ1v) is 7.87. The zero-order valence-corrected chi connectivity index (χ0v) is 13.3. The first kappa shape index (κ1) is 18.5. The maximum atomic E-state index is 12.4. The van der Waals surface area contributed by atoms with E-state index >= 15 is 0 Å². The molecule has 0 aromatic heterocycles. The molecule has 0 spiro atoms. The fraction of sp³-hybridized carbons (Fsp3) is 0.562. The predicted octanol–water partition coefficient (Wildman–Crippen LogP) is 1.83. The van der Waals surface area contributed by atoms with E-state index in [1.54, 1.807) is 0 Å². The van der Waals surface area contributed by atoms with Gasteiger partial charge in [0.2, 0.25) is 0 Å². The zero-order chi connectivity index (χ0) is 17.6. The van der Waals surface area contributed by atoms with Gasteiger partial charge in [0.05, 0.1) is 13.2 Å². The molecule has 1 aromatic carbocycles. The van der Waals surface area contributed by atoms with E-state index in [4.69, 9.17) is 5.11 Å². The van der Waals surface area contributed by atoms with Crippen LogP contribution in [0.1, 0.15) is 12.0 Å². The van der Waals surface area contributed by atoms with Gasteiger partial charge in [-0.25, -0.2) is 4.79 Å².